The number of likely N-dealkylation sites (N-methyl/N-ethyl adjacent to an activating group) is 1. The minimum atomic E-state index is 0.240. The molecular weight excluding hydrogens is 324 g/mol. The van der Waals surface area contributed by atoms with E-state index in [1.54, 1.807) is 0 Å². The van der Waals surface area contributed by atoms with Crippen molar-refractivity contribution in [3.8, 4) is 0 Å². The van der Waals surface area contributed by atoms with Gasteiger partial charge < -0.3 is 15.1 Å². The van der Waals surface area contributed by atoms with E-state index in [2.05, 4.69) is 34.0 Å². The average molecular weight is 367 g/mol. The predicted octanol–water partition coefficient (Wildman–Crippen LogP) is 2.28. The van der Waals surface area contributed by atoms with Crippen LogP contribution in [0.1, 0.15) is 52.9 Å². The molecule has 0 aromatic rings. The Hall–Kier alpha value is -0.650. The molecule has 0 bridgehead atoms. The van der Waals surface area contributed by atoms with Crippen LogP contribution in [0.4, 0.5) is 0 Å². The van der Waals surface area contributed by atoms with Crippen LogP contribution < -0.4 is 5.32 Å². The molecule has 1 spiro atoms. The number of carbonyl (C=O) groups excluding carboxylic acids is 1. The monoisotopic (exact) mass is 366 g/mol. The molecule has 1 saturated carbocycles. The summed E-state index contributed by atoms with van der Waals surface area (Å²) in [4.78, 5) is 19.3. The van der Waals surface area contributed by atoms with Gasteiger partial charge in [-0.05, 0) is 57.2 Å². The minimum Gasteiger partial charge on any atom is -0.356 e. The third-order valence-electron chi connectivity index (χ3n) is 6.56. The molecule has 0 aromatic heterocycles. The fourth-order valence-electron chi connectivity index (χ4n) is 4.46. The molecule has 0 aromatic carbocycles. The molecule has 2 aliphatic heterocycles. The molecule has 0 radical (unpaired) electrons. The van der Waals surface area contributed by atoms with Crippen molar-refractivity contribution in [3.05, 3.63) is 0 Å². The first-order valence-corrected chi connectivity index (χ1v) is 11.0. The number of nitrogens with zero attached hydrogens (tertiary/aromatic N) is 3. The van der Waals surface area contributed by atoms with Gasteiger partial charge in [-0.15, -0.1) is 0 Å². The van der Waals surface area contributed by atoms with Crippen LogP contribution in [0.15, 0.2) is 0 Å². The lowest BCUT2D eigenvalue weighted by Crippen LogP contribution is -2.48. The molecule has 152 valence electrons. The summed E-state index contributed by atoms with van der Waals surface area (Å²) in [7, 11) is 2.22. The number of amides is 1. The number of likely N-dealkylation sites (tertiary alicyclic amines) is 1. The van der Waals surface area contributed by atoms with Gasteiger partial charge in [0.1, 0.15) is 0 Å². The van der Waals surface area contributed by atoms with Crippen LogP contribution in [0.2, 0.25) is 0 Å². The highest BCUT2D eigenvalue weighted by Crippen LogP contribution is 2.58. The van der Waals surface area contributed by atoms with Crippen molar-refractivity contribution in [1.82, 2.24) is 20.0 Å². The number of carbonyl (C=O) groups is 1. The van der Waals surface area contributed by atoms with Gasteiger partial charge in [-0.25, -0.2) is 0 Å². The Morgan fingerprint density at radius 1 is 1.00 bits per heavy atom. The van der Waals surface area contributed by atoms with Crippen molar-refractivity contribution in [1.29, 1.82) is 0 Å². The standard InChI is InChI=1S/C19H36N4O.C2H6/c1-3-4-18(24)20-16-17-15-19(17)5-7-22(8-6-19)13-14-23-11-9-21(2)10-12-23;1-2/h17H,3-16H2,1-2H3,(H,20,24);1-2H3. The zero-order chi connectivity index (χ0) is 19.0. The molecule has 3 fully saturated rings. The van der Waals surface area contributed by atoms with E-state index in [1.807, 2.05) is 13.8 Å². The van der Waals surface area contributed by atoms with Crippen LogP contribution in [0.5, 0.6) is 0 Å². The Kier molecular flexibility index (Phi) is 8.85. The number of rotatable bonds is 7. The molecule has 1 unspecified atom stereocenters. The molecule has 1 atom stereocenters. The molecule has 1 N–H and O–H groups in total. The van der Waals surface area contributed by atoms with E-state index in [0.29, 0.717) is 11.8 Å². The highest BCUT2D eigenvalue weighted by Gasteiger charge is 2.54. The third kappa shape index (κ3) is 6.21. The van der Waals surface area contributed by atoms with E-state index < -0.39 is 0 Å². The van der Waals surface area contributed by atoms with E-state index in [9.17, 15) is 4.79 Å². The van der Waals surface area contributed by atoms with Crippen molar-refractivity contribution in [2.24, 2.45) is 11.3 Å². The number of nitrogens with one attached hydrogen (secondary N) is 1. The quantitative estimate of drug-likeness (QED) is 0.750. The van der Waals surface area contributed by atoms with E-state index in [4.69, 9.17) is 0 Å². The summed E-state index contributed by atoms with van der Waals surface area (Å²) < 4.78 is 0. The number of hydrogen-bond donors (Lipinski definition) is 1. The van der Waals surface area contributed by atoms with Gasteiger partial charge in [0.25, 0.3) is 0 Å². The lowest BCUT2D eigenvalue weighted by atomic mass is 9.91. The smallest absolute Gasteiger partial charge is 0.219 e. The fourth-order valence-corrected chi connectivity index (χ4v) is 4.46. The first kappa shape index (κ1) is 21.6. The molecule has 5 nitrogen and oxygen atoms in total. The maximum atomic E-state index is 11.6. The highest BCUT2D eigenvalue weighted by atomic mass is 16.1. The van der Waals surface area contributed by atoms with Gasteiger partial charge in [0, 0.05) is 52.2 Å². The number of piperidine rings is 1. The lowest BCUT2D eigenvalue weighted by Gasteiger charge is -2.36. The van der Waals surface area contributed by atoms with Gasteiger partial charge in [-0.2, -0.15) is 0 Å². The van der Waals surface area contributed by atoms with Gasteiger partial charge in [0.2, 0.25) is 5.91 Å². The van der Waals surface area contributed by atoms with Crippen LogP contribution >= 0.6 is 0 Å². The first-order chi connectivity index (χ1) is 12.6. The van der Waals surface area contributed by atoms with Crippen LogP contribution in [-0.2, 0) is 4.79 Å². The van der Waals surface area contributed by atoms with E-state index in [1.165, 1.54) is 71.6 Å². The topological polar surface area (TPSA) is 38.8 Å². The first-order valence-electron chi connectivity index (χ1n) is 11.0. The fraction of sp³-hybridized carbons (Fsp3) is 0.952. The van der Waals surface area contributed by atoms with E-state index in [0.717, 1.165) is 18.9 Å². The Balaban J connectivity index is 0.00000117. The molecule has 26 heavy (non-hydrogen) atoms. The summed E-state index contributed by atoms with van der Waals surface area (Å²) in [6.07, 6.45) is 5.64. The van der Waals surface area contributed by atoms with Crippen molar-refractivity contribution in [2.75, 3.05) is 66.0 Å². The second kappa shape index (κ2) is 10.6. The zero-order valence-electron chi connectivity index (χ0n) is 17.7. The lowest BCUT2D eigenvalue weighted by molar-refractivity contribution is -0.121. The molecular formula is C21H42N4O. The van der Waals surface area contributed by atoms with Crippen molar-refractivity contribution in [3.63, 3.8) is 0 Å². The Bertz CT molecular complexity index is 412. The maximum absolute atomic E-state index is 11.6. The Labute approximate surface area is 161 Å². The van der Waals surface area contributed by atoms with Crippen LogP contribution in [0.3, 0.4) is 0 Å². The van der Waals surface area contributed by atoms with Crippen LogP contribution in [0.25, 0.3) is 0 Å². The summed E-state index contributed by atoms with van der Waals surface area (Å²) in [6.45, 7) is 16.9. The molecule has 1 amide bonds. The van der Waals surface area contributed by atoms with Gasteiger partial charge in [-0.3, -0.25) is 9.69 Å². The van der Waals surface area contributed by atoms with E-state index >= 15 is 0 Å². The van der Waals surface area contributed by atoms with Gasteiger partial charge >= 0.3 is 0 Å². The van der Waals surface area contributed by atoms with Crippen LogP contribution in [0, 0.1) is 11.3 Å². The molecule has 3 aliphatic rings. The number of hydrogen-bond acceptors (Lipinski definition) is 4. The summed E-state index contributed by atoms with van der Waals surface area (Å²) in [5.41, 5.74) is 0.573. The highest BCUT2D eigenvalue weighted by molar-refractivity contribution is 5.75. The van der Waals surface area contributed by atoms with Crippen molar-refractivity contribution < 1.29 is 4.79 Å². The summed E-state index contributed by atoms with van der Waals surface area (Å²) in [6, 6.07) is 0. The molecule has 2 saturated heterocycles. The van der Waals surface area contributed by atoms with Crippen molar-refractivity contribution >= 4 is 5.91 Å². The second-order valence-electron chi connectivity index (χ2n) is 8.30. The molecule has 3 rings (SSSR count). The summed E-state index contributed by atoms with van der Waals surface area (Å²) in [5, 5.41) is 3.14. The normalized spacial score (nSPS) is 26.2. The molecule has 5 heteroatoms. The zero-order valence-corrected chi connectivity index (χ0v) is 17.7. The minimum absolute atomic E-state index is 0.240. The average Bonchev–Trinajstić information content (AvgIpc) is 3.35. The largest absolute Gasteiger partial charge is 0.356 e. The van der Waals surface area contributed by atoms with Crippen LogP contribution in [-0.4, -0.2) is 86.6 Å². The summed E-state index contributed by atoms with van der Waals surface area (Å²) >= 11 is 0. The Morgan fingerprint density at radius 3 is 2.15 bits per heavy atom. The summed E-state index contributed by atoms with van der Waals surface area (Å²) in [5.74, 6) is 0.988. The Morgan fingerprint density at radius 2 is 1.58 bits per heavy atom. The number of piperazine rings is 1. The predicted molar refractivity (Wildman–Crippen MR) is 109 cm³/mol. The van der Waals surface area contributed by atoms with Gasteiger partial charge in [-0.1, -0.05) is 20.8 Å². The molecule has 1 aliphatic carbocycles. The SMILES string of the molecule is CC.CCCC(=O)NCC1CC12CCN(CCN1CCN(C)CC1)CC2. The molecule has 2 heterocycles. The van der Waals surface area contributed by atoms with Gasteiger partial charge in [0.15, 0.2) is 0 Å². The van der Waals surface area contributed by atoms with E-state index in [-0.39, 0.29) is 5.91 Å². The second-order valence-corrected chi connectivity index (χ2v) is 8.30. The van der Waals surface area contributed by atoms with Gasteiger partial charge in [0.05, 0.1) is 0 Å². The van der Waals surface area contributed by atoms with Crippen molar-refractivity contribution in [2.45, 2.75) is 52.9 Å². The maximum Gasteiger partial charge on any atom is 0.219 e. The third-order valence-corrected chi connectivity index (χ3v) is 6.56.